The average molecular weight is 292 g/mol. The highest BCUT2D eigenvalue weighted by molar-refractivity contribution is 5.99. The largest absolute Gasteiger partial charge is 0.489 e. The van der Waals surface area contributed by atoms with E-state index < -0.39 is 0 Å². The molecule has 1 fully saturated rings. The van der Waals surface area contributed by atoms with Gasteiger partial charge in [-0.3, -0.25) is 4.79 Å². The Morgan fingerprint density at radius 2 is 2.33 bits per heavy atom. The highest BCUT2D eigenvalue weighted by Crippen LogP contribution is 2.32. The van der Waals surface area contributed by atoms with E-state index in [1.54, 1.807) is 11.0 Å². The second-order valence-electron chi connectivity index (χ2n) is 5.42. The summed E-state index contributed by atoms with van der Waals surface area (Å²) in [5.41, 5.74) is 1.41. The van der Waals surface area contributed by atoms with Crippen LogP contribution < -0.4 is 10.1 Å². The Hall–Kier alpha value is -1.79. The molecule has 0 aromatic heterocycles. The predicted octanol–water partition coefficient (Wildman–Crippen LogP) is 0.713. The van der Waals surface area contributed by atoms with Gasteiger partial charge < -0.3 is 24.8 Å². The number of anilines is 1. The van der Waals surface area contributed by atoms with Crippen LogP contribution in [0.25, 0.3) is 0 Å². The molecule has 1 aromatic rings. The van der Waals surface area contributed by atoms with E-state index in [2.05, 4.69) is 5.32 Å². The molecule has 1 saturated heterocycles. The number of nitrogens with one attached hydrogen (secondary N) is 1. The Balaban J connectivity index is 1.85. The van der Waals surface area contributed by atoms with Crippen LogP contribution in [0.15, 0.2) is 18.2 Å². The third-order valence-corrected chi connectivity index (χ3v) is 3.73. The number of carbonyl (C=O) groups excluding carboxylic acids is 1. The molecule has 1 amide bonds. The Labute approximate surface area is 123 Å². The predicted molar refractivity (Wildman–Crippen MR) is 77.8 cm³/mol. The van der Waals surface area contributed by atoms with Gasteiger partial charge in [-0.05, 0) is 19.1 Å². The zero-order valence-corrected chi connectivity index (χ0v) is 12.0. The van der Waals surface area contributed by atoms with Crippen molar-refractivity contribution in [3.8, 4) is 5.75 Å². The topological polar surface area (TPSA) is 71.0 Å². The van der Waals surface area contributed by atoms with Gasteiger partial charge in [0.15, 0.2) is 5.75 Å². The number of amides is 1. The van der Waals surface area contributed by atoms with Gasteiger partial charge in [0, 0.05) is 19.6 Å². The molecule has 3 rings (SSSR count). The van der Waals surface area contributed by atoms with Crippen LogP contribution in [0.3, 0.4) is 0 Å². The molecule has 2 aliphatic rings. The molecule has 21 heavy (non-hydrogen) atoms. The van der Waals surface area contributed by atoms with Crippen LogP contribution in [0, 0.1) is 0 Å². The van der Waals surface area contributed by atoms with Crippen molar-refractivity contribution >= 4 is 11.6 Å². The summed E-state index contributed by atoms with van der Waals surface area (Å²) in [5.74, 6) is 0.539. The fourth-order valence-electron chi connectivity index (χ4n) is 2.82. The third kappa shape index (κ3) is 2.82. The van der Waals surface area contributed by atoms with Gasteiger partial charge in [0.2, 0.25) is 0 Å². The fourth-order valence-corrected chi connectivity index (χ4v) is 2.82. The molecule has 2 atom stereocenters. The first kappa shape index (κ1) is 14.2. The van der Waals surface area contributed by atoms with Crippen LogP contribution in [0.2, 0.25) is 0 Å². The SMILES string of the molecule is CC1CN(C(=O)c2cccc3c2OCCN3)CC(CO)O1. The molecule has 2 unspecified atom stereocenters. The number of rotatable bonds is 2. The summed E-state index contributed by atoms with van der Waals surface area (Å²) in [6.07, 6.45) is -0.408. The smallest absolute Gasteiger partial charge is 0.257 e. The highest BCUT2D eigenvalue weighted by atomic mass is 16.5. The van der Waals surface area contributed by atoms with Gasteiger partial charge in [-0.2, -0.15) is 0 Å². The Bertz CT molecular complexity index is 534. The minimum Gasteiger partial charge on any atom is -0.489 e. The zero-order valence-electron chi connectivity index (χ0n) is 12.0. The van der Waals surface area contributed by atoms with E-state index >= 15 is 0 Å². The van der Waals surface area contributed by atoms with Crippen LogP contribution in [0.4, 0.5) is 5.69 Å². The summed E-state index contributed by atoms with van der Waals surface area (Å²) < 4.78 is 11.2. The standard InChI is InChI=1S/C15H20N2O4/c1-10-7-17(8-11(9-18)21-10)15(19)12-3-2-4-13-14(12)20-6-5-16-13/h2-4,10-11,16,18H,5-9H2,1H3. The molecule has 0 radical (unpaired) electrons. The lowest BCUT2D eigenvalue weighted by Crippen LogP contribution is -2.50. The van der Waals surface area contributed by atoms with E-state index in [0.29, 0.717) is 31.0 Å². The van der Waals surface area contributed by atoms with Gasteiger partial charge in [0.05, 0.1) is 30.1 Å². The molecule has 0 aliphatic carbocycles. The Kier molecular flexibility index (Phi) is 3.98. The lowest BCUT2D eigenvalue weighted by molar-refractivity contribution is -0.0859. The minimum absolute atomic E-state index is 0.0795. The highest BCUT2D eigenvalue weighted by Gasteiger charge is 2.30. The van der Waals surface area contributed by atoms with Crippen molar-refractivity contribution in [2.75, 3.05) is 38.2 Å². The van der Waals surface area contributed by atoms with E-state index in [9.17, 15) is 9.90 Å². The maximum absolute atomic E-state index is 12.8. The number of aliphatic hydroxyl groups excluding tert-OH is 1. The third-order valence-electron chi connectivity index (χ3n) is 3.73. The molecular formula is C15H20N2O4. The molecule has 0 saturated carbocycles. The summed E-state index contributed by atoms with van der Waals surface area (Å²) in [4.78, 5) is 14.5. The van der Waals surface area contributed by atoms with Crippen molar-refractivity contribution < 1.29 is 19.4 Å². The summed E-state index contributed by atoms with van der Waals surface area (Å²) in [6, 6.07) is 5.53. The molecule has 0 bridgehead atoms. The monoisotopic (exact) mass is 292 g/mol. The van der Waals surface area contributed by atoms with Crippen LogP contribution in [0.1, 0.15) is 17.3 Å². The summed E-state index contributed by atoms with van der Waals surface area (Å²) in [7, 11) is 0. The van der Waals surface area contributed by atoms with Gasteiger partial charge in [0.1, 0.15) is 6.61 Å². The van der Waals surface area contributed by atoms with Crippen molar-refractivity contribution in [1.82, 2.24) is 4.90 Å². The lowest BCUT2D eigenvalue weighted by atomic mass is 10.1. The van der Waals surface area contributed by atoms with Crippen molar-refractivity contribution in [2.24, 2.45) is 0 Å². The summed E-state index contributed by atoms with van der Waals surface area (Å²) in [6.45, 7) is 4.03. The number of ether oxygens (including phenoxy) is 2. The van der Waals surface area contributed by atoms with Crippen LogP contribution >= 0.6 is 0 Å². The van der Waals surface area contributed by atoms with E-state index in [4.69, 9.17) is 9.47 Å². The lowest BCUT2D eigenvalue weighted by Gasteiger charge is -2.36. The first-order valence-corrected chi connectivity index (χ1v) is 7.24. The van der Waals surface area contributed by atoms with Crippen molar-refractivity contribution in [1.29, 1.82) is 0 Å². The second kappa shape index (κ2) is 5.91. The minimum atomic E-state index is -0.323. The Morgan fingerprint density at radius 3 is 3.14 bits per heavy atom. The Morgan fingerprint density at radius 1 is 1.48 bits per heavy atom. The quantitative estimate of drug-likeness (QED) is 0.840. The molecule has 1 aromatic carbocycles. The summed E-state index contributed by atoms with van der Waals surface area (Å²) >= 11 is 0. The molecule has 114 valence electrons. The van der Waals surface area contributed by atoms with E-state index in [-0.39, 0.29) is 24.7 Å². The number of hydrogen-bond acceptors (Lipinski definition) is 5. The molecule has 0 spiro atoms. The van der Waals surface area contributed by atoms with E-state index in [0.717, 1.165) is 12.2 Å². The first-order valence-electron chi connectivity index (χ1n) is 7.24. The molecular weight excluding hydrogens is 272 g/mol. The van der Waals surface area contributed by atoms with Gasteiger partial charge in [-0.1, -0.05) is 6.07 Å². The van der Waals surface area contributed by atoms with Crippen molar-refractivity contribution in [2.45, 2.75) is 19.1 Å². The fraction of sp³-hybridized carbons (Fsp3) is 0.533. The molecule has 6 heteroatoms. The number of aliphatic hydroxyl groups is 1. The maximum Gasteiger partial charge on any atom is 0.257 e. The second-order valence-corrected chi connectivity index (χ2v) is 5.42. The van der Waals surface area contributed by atoms with Crippen molar-refractivity contribution in [3.63, 3.8) is 0 Å². The number of benzene rings is 1. The van der Waals surface area contributed by atoms with Gasteiger partial charge >= 0.3 is 0 Å². The molecule has 2 aliphatic heterocycles. The van der Waals surface area contributed by atoms with Crippen LogP contribution in [-0.4, -0.2) is 61.0 Å². The number of hydrogen-bond donors (Lipinski definition) is 2. The summed E-state index contributed by atoms with van der Waals surface area (Å²) in [5, 5.41) is 12.5. The number of carbonyl (C=O) groups is 1. The molecule has 2 heterocycles. The number of para-hydroxylation sites is 1. The zero-order chi connectivity index (χ0) is 14.8. The molecule has 2 N–H and O–H groups in total. The number of morpholine rings is 1. The van der Waals surface area contributed by atoms with Crippen LogP contribution in [0.5, 0.6) is 5.75 Å². The van der Waals surface area contributed by atoms with Gasteiger partial charge in [0.25, 0.3) is 5.91 Å². The average Bonchev–Trinajstić information content (AvgIpc) is 2.53. The number of fused-ring (bicyclic) bond motifs is 1. The van der Waals surface area contributed by atoms with Crippen molar-refractivity contribution in [3.05, 3.63) is 23.8 Å². The molecule has 6 nitrogen and oxygen atoms in total. The normalized spacial score (nSPS) is 24.8. The van der Waals surface area contributed by atoms with Gasteiger partial charge in [-0.15, -0.1) is 0 Å². The van der Waals surface area contributed by atoms with E-state index in [1.165, 1.54) is 0 Å². The van der Waals surface area contributed by atoms with E-state index in [1.807, 2.05) is 19.1 Å². The first-order chi connectivity index (χ1) is 10.2. The number of nitrogens with zero attached hydrogens (tertiary/aromatic N) is 1. The van der Waals surface area contributed by atoms with Gasteiger partial charge in [-0.25, -0.2) is 0 Å². The maximum atomic E-state index is 12.8. The van der Waals surface area contributed by atoms with Crippen LogP contribution in [-0.2, 0) is 4.74 Å².